The number of hydrogen-bond acceptors (Lipinski definition) is 18. The average Bonchev–Trinajstić information content (AvgIpc) is 0.725. The fraction of sp³-hybridized carbons (Fsp3) is 0.575. The van der Waals surface area contributed by atoms with Crippen molar-refractivity contribution in [3.05, 3.63) is 240 Å². The molecule has 9 unspecified atom stereocenters. The second kappa shape index (κ2) is 53.7. The van der Waals surface area contributed by atoms with Crippen molar-refractivity contribution < 1.29 is 87.8 Å². The molecule has 4 fully saturated rings. The molecule has 724 valence electrons. The van der Waals surface area contributed by atoms with Crippen molar-refractivity contribution in [3.63, 3.8) is 0 Å². The largest absolute Gasteiger partial charge is 0.508 e. The maximum absolute atomic E-state index is 13.2. The van der Waals surface area contributed by atoms with Crippen LogP contribution in [-0.2, 0) is 52.5 Å². The molecule has 0 aliphatic heterocycles. The molecule has 6 N–H and O–H groups in total. The van der Waals surface area contributed by atoms with Crippen molar-refractivity contribution in [2.75, 3.05) is 39.6 Å². The molecule has 0 radical (unpaired) electrons. The third-order valence-corrected chi connectivity index (χ3v) is 26.1. The summed E-state index contributed by atoms with van der Waals surface area (Å²) in [6.07, 6.45) is 16.5. The van der Waals surface area contributed by atoms with Crippen LogP contribution in [-0.4, -0.2) is 129 Å². The predicted molar refractivity (Wildman–Crippen MR) is 525 cm³/mol. The van der Waals surface area contributed by atoms with E-state index in [1.807, 2.05) is 187 Å². The number of carbonyl (C=O) groups is 6. The van der Waals surface area contributed by atoms with E-state index in [1.54, 1.807) is 26.0 Å². The van der Waals surface area contributed by atoms with Gasteiger partial charge in [-0.2, -0.15) is 0 Å². The van der Waals surface area contributed by atoms with Crippen LogP contribution >= 0.6 is 0 Å². The maximum Gasteiger partial charge on any atom is 0.316 e. The third kappa shape index (κ3) is 38.1. The van der Waals surface area contributed by atoms with Crippen LogP contribution < -0.4 is 4.74 Å². The maximum atomic E-state index is 13.2. The summed E-state index contributed by atoms with van der Waals surface area (Å²) in [5, 5.41) is 56.8. The molecule has 7 aromatic carbocycles. The van der Waals surface area contributed by atoms with Crippen molar-refractivity contribution in [2.45, 2.75) is 332 Å². The van der Waals surface area contributed by atoms with Gasteiger partial charge in [0.25, 0.3) is 0 Å². The van der Waals surface area contributed by atoms with E-state index < -0.39 is 55.4 Å². The Hall–Kier alpha value is -9.04. The minimum absolute atomic E-state index is 0.0252. The molecule has 18 heteroatoms. The second-order valence-corrected chi connectivity index (χ2v) is 41.4. The Morgan fingerprint density at radius 3 is 0.916 bits per heavy atom. The van der Waals surface area contributed by atoms with Crippen molar-refractivity contribution >= 4 is 35.8 Å². The molecule has 4 aliphatic carbocycles. The van der Waals surface area contributed by atoms with E-state index in [4.69, 9.17) is 38.6 Å². The molecule has 0 aromatic heterocycles. The summed E-state index contributed by atoms with van der Waals surface area (Å²) in [6.45, 7) is 41.6. The molecule has 131 heavy (non-hydrogen) atoms. The van der Waals surface area contributed by atoms with Gasteiger partial charge in [0.15, 0.2) is 0 Å². The third-order valence-electron chi connectivity index (χ3n) is 26.1. The Bertz CT molecular complexity index is 4410. The van der Waals surface area contributed by atoms with Crippen LogP contribution in [0, 0.1) is 44.3 Å². The standard InChI is InChI=1S/C24H34O3.C20H24O3.2C18H28O3.C17H26O3.C16H24O3/c1-4-19(20-8-6-5-7-9-20)15-22(2,3)21(25)27-24-13-17-10-18(14-24)12-23(26,11-17)16-24;1-4-15(16-8-6-5-7-9-16)14-20(2,3)19(22)23-18-12-10-17(21)11-13-18;1-6-14(15-10-8-7-9-11-15)12-17(2,3)16(19)21-13-18(4,5)20;1-5-14(15-10-8-7-9-11-15)12-18(3,4)17(20)21-13-16(19)6-2;1-4-14(15-9-6-5-7-10-15)13-17(2,3)16(19)20-12-8-11-18;1-4-13(14-8-6-5-7-9-14)12-16(2,3)15(18)19-11-10-17/h5-9,17-19,26H,4,10-16H2,1-3H3;5-13,15,21H,4,14H2,1-3H3;7-11,14,20H,6,12-13H2,1-5H3;7-11,14,16,19H,5-6,12-13H2,1-4H3;5-7,9-10,14,18H,4,8,11-13H2,1-3H3;5-9,13,17H,4,10-12H2,1-3H3. The number of phenols is 1. The number of benzene rings is 7. The number of aliphatic hydroxyl groups is 5. The van der Waals surface area contributed by atoms with E-state index in [2.05, 4.69) is 126 Å². The smallest absolute Gasteiger partial charge is 0.316 e. The molecule has 0 heterocycles. The summed E-state index contributed by atoms with van der Waals surface area (Å²) in [4.78, 5) is 74.3. The van der Waals surface area contributed by atoms with Gasteiger partial charge in [-0.15, -0.1) is 0 Å². The summed E-state index contributed by atoms with van der Waals surface area (Å²) in [5.41, 5.74) is 2.31. The first-order chi connectivity index (χ1) is 61.7. The number of rotatable bonds is 42. The lowest BCUT2D eigenvalue weighted by Crippen LogP contribution is -2.61. The van der Waals surface area contributed by atoms with Gasteiger partial charge in [0.2, 0.25) is 0 Å². The van der Waals surface area contributed by atoms with Gasteiger partial charge in [-0.1, -0.05) is 230 Å². The van der Waals surface area contributed by atoms with E-state index in [9.17, 15) is 49.2 Å². The van der Waals surface area contributed by atoms with Crippen LogP contribution in [0.25, 0.3) is 0 Å². The van der Waals surface area contributed by atoms with Crippen LogP contribution in [0.5, 0.6) is 11.5 Å². The van der Waals surface area contributed by atoms with Crippen LogP contribution in [0.1, 0.15) is 343 Å². The monoisotopic (exact) mass is 1810 g/mol. The zero-order valence-corrected chi connectivity index (χ0v) is 83.3. The Morgan fingerprint density at radius 1 is 0.359 bits per heavy atom. The molecule has 7 aromatic rings. The molecule has 4 aliphatic rings. The molecule has 11 rings (SSSR count). The molecule has 0 spiro atoms. The number of esters is 6. The number of aromatic hydroxyl groups is 1. The second-order valence-electron chi connectivity index (χ2n) is 41.4. The number of aliphatic hydroxyl groups excluding tert-OH is 3. The van der Waals surface area contributed by atoms with E-state index in [0.717, 1.165) is 103 Å². The number of hydrogen-bond donors (Lipinski definition) is 6. The lowest BCUT2D eigenvalue weighted by molar-refractivity contribution is -0.225. The van der Waals surface area contributed by atoms with Gasteiger partial charge >= 0.3 is 35.8 Å². The molecule has 4 saturated carbocycles. The van der Waals surface area contributed by atoms with Crippen molar-refractivity contribution in [1.82, 2.24) is 0 Å². The van der Waals surface area contributed by atoms with Crippen molar-refractivity contribution in [3.8, 4) is 11.5 Å². The number of phenolic OH excluding ortho intramolecular Hbond substituents is 1. The first kappa shape index (κ1) is 112. The summed E-state index contributed by atoms with van der Waals surface area (Å²) < 4.78 is 32.5. The minimum Gasteiger partial charge on any atom is -0.508 e. The van der Waals surface area contributed by atoms with Crippen molar-refractivity contribution in [2.24, 2.45) is 44.3 Å². The topological polar surface area (TPSA) is 279 Å². The highest BCUT2D eigenvalue weighted by Gasteiger charge is 2.60. The summed E-state index contributed by atoms with van der Waals surface area (Å²) in [7, 11) is 0. The quantitative estimate of drug-likeness (QED) is 0.00897. The van der Waals surface area contributed by atoms with Gasteiger partial charge in [-0.25, -0.2) is 0 Å². The normalized spacial score (nSPS) is 18.0. The summed E-state index contributed by atoms with van der Waals surface area (Å²) in [5.74, 6) is 2.47. The Kier molecular flexibility index (Phi) is 46.1. The van der Waals surface area contributed by atoms with E-state index in [0.29, 0.717) is 79.0 Å². The molecular formula is C113H164O18. The first-order valence-corrected chi connectivity index (χ1v) is 48.3. The molecule has 9 atom stereocenters. The molecular weight excluding hydrogens is 1650 g/mol. The molecule has 0 amide bonds. The highest BCUT2D eigenvalue weighted by atomic mass is 16.6. The van der Waals surface area contributed by atoms with Gasteiger partial charge < -0.3 is 59.1 Å². The Labute approximate surface area is 786 Å². The average molecular weight is 1810 g/mol. The fourth-order valence-corrected chi connectivity index (χ4v) is 18.6. The Balaban J connectivity index is 0.000000280. The highest BCUT2D eigenvalue weighted by Crippen LogP contribution is 2.59. The lowest BCUT2D eigenvalue weighted by atomic mass is 9.52. The SMILES string of the molecule is CCC(CC(C)(C)C(=O)OC12CC3CC(CC(O)(C3)C1)C2)c1ccccc1.CCC(CC(C)(C)C(=O)OCC(C)(C)O)c1ccccc1.CCC(CC(C)(C)C(=O)OCCCO)c1ccccc1.CCC(CC(C)(C)C(=O)OCCO)c1ccccc1.CCC(CC(C)(C)C(=O)Oc1ccc(O)cc1)c1ccccc1.CCC(O)COC(=O)C(C)(C)CC(CC)c1ccccc1. The molecule has 0 saturated heterocycles. The lowest BCUT2D eigenvalue weighted by Gasteiger charge is -2.59. The zero-order chi connectivity index (χ0) is 97.4. The van der Waals surface area contributed by atoms with E-state index in [1.165, 1.54) is 51.9 Å². The predicted octanol–water partition coefficient (Wildman–Crippen LogP) is 24.6. The van der Waals surface area contributed by atoms with Gasteiger partial charge in [-0.05, 0) is 317 Å². The highest BCUT2D eigenvalue weighted by molar-refractivity contribution is 5.79. The van der Waals surface area contributed by atoms with E-state index >= 15 is 0 Å². The molecule has 18 nitrogen and oxygen atoms in total. The Morgan fingerprint density at radius 2 is 0.641 bits per heavy atom. The van der Waals surface area contributed by atoms with Gasteiger partial charge in [0.1, 0.15) is 36.9 Å². The fourth-order valence-electron chi connectivity index (χ4n) is 18.6. The van der Waals surface area contributed by atoms with Crippen LogP contribution in [0.4, 0.5) is 0 Å². The number of ether oxygens (including phenoxy) is 6. The minimum atomic E-state index is -0.991. The van der Waals surface area contributed by atoms with Gasteiger partial charge in [-0.3, -0.25) is 28.8 Å². The van der Waals surface area contributed by atoms with Crippen LogP contribution in [0.15, 0.2) is 206 Å². The van der Waals surface area contributed by atoms with Gasteiger partial charge in [0.05, 0.1) is 63.0 Å². The first-order valence-electron chi connectivity index (χ1n) is 48.3. The zero-order valence-electron chi connectivity index (χ0n) is 83.3. The van der Waals surface area contributed by atoms with E-state index in [-0.39, 0.29) is 74.6 Å². The van der Waals surface area contributed by atoms with Crippen LogP contribution in [0.3, 0.4) is 0 Å². The molecule has 4 bridgehead atoms. The van der Waals surface area contributed by atoms with Crippen LogP contribution in [0.2, 0.25) is 0 Å². The summed E-state index contributed by atoms with van der Waals surface area (Å²) >= 11 is 0. The summed E-state index contributed by atoms with van der Waals surface area (Å²) in [6, 6.07) is 68.0. The number of carbonyl (C=O) groups excluding carboxylic acids is 6. The van der Waals surface area contributed by atoms with Gasteiger partial charge in [0, 0.05) is 19.4 Å². The van der Waals surface area contributed by atoms with Crippen molar-refractivity contribution in [1.29, 1.82) is 0 Å².